The molecule has 2 nitrogen and oxygen atoms in total. The van der Waals surface area contributed by atoms with Crippen LogP contribution in [-0.2, 0) is 0 Å². The van der Waals surface area contributed by atoms with Gasteiger partial charge >= 0.3 is 0 Å². The fraction of sp³-hybridized carbons (Fsp3) is 0.0909. The molecule has 0 aliphatic heterocycles. The minimum Gasteiger partial charge on any atom is -0.287 e. The summed E-state index contributed by atoms with van der Waals surface area (Å²) in [6.45, 7) is 0. The van der Waals surface area contributed by atoms with Gasteiger partial charge in [0, 0.05) is 28.1 Å². The van der Waals surface area contributed by atoms with Crippen molar-refractivity contribution >= 4 is 63.6 Å². The van der Waals surface area contributed by atoms with Crippen molar-refractivity contribution in [3.63, 3.8) is 0 Å². The third kappa shape index (κ3) is 4.05. The second-order valence-corrected chi connectivity index (χ2v) is 10.1. The van der Waals surface area contributed by atoms with Crippen LogP contribution in [0.2, 0.25) is 5.02 Å². The Kier molecular flexibility index (Phi) is 6.47. The van der Waals surface area contributed by atoms with Gasteiger partial charge in [-0.3, -0.25) is 4.79 Å². The van der Waals surface area contributed by atoms with E-state index < -0.39 is 0 Å². The summed E-state index contributed by atoms with van der Waals surface area (Å²) < 4.78 is 2.17. The number of halogens is 1. The Bertz CT molecular complexity index is 1140. The maximum atomic E-state index is 13.5. The van der Waals surface area contributed by atoms with Gasteiger partial charge in [-0.2, -0.15) is 0 Å². The summed E-state index contributed by atoms with van der Waals surface area (Å²) >= 11 is 12.5. The van der Waals surface area contributed by atoms with Gasteiger partial charge in [-0.25, -0.2) is 0 Å². The summed E-state index contributed by atoms with van der Waals surface area (Å²) in [7, 11) is 0. The molecule has 3 heterocycles. The SMILES string of the molecule is CSc1cc(-c2cccs2)[n+](-c2ccc(Cl)cc2)c(SC)c1C(=O)c1cccs1. The standard InChI is InChI=1S/C22H17ClNOS4/c1-26-19-13-16(17-5-3-11-28-17)24(15-9-7-14(23)8-10-15)22(27-2)20(19)21(25)18-6-4-12-29-18/h3-13H,1-2H3/q+1. The molecule has 7 heteroatoms. The van der Waals surface area contributed by atoms with Crippen LogP contribution in [0, 0.1) is 0 Å². The first-order valence-electron chi connectivity index (χ1n) is 8.73. The van der Waals surface area contributed by atoms with Gasteiger partial charge < -0.3 is 0 Å². The molecule has 146 valence electrons. The summed E-state index contributed by atoms with van der Waals surface area (Å²) in [5.74, 6) is 0.0640. The lowest BCUT2D eigenvalue weighted by molar-refractivity contribution is -0.625. The van der Waals surface area contributed by atoms with E-state index in [1.54, 1.807) is 34.9 Å². The number of hydrogen-bond acceptors (Lipinski definition) is 5. The summed E-state index contributed by atoms with van der Waals surface area (Å²) in [6.07, 6.45) is 4.05. The maximum Gasteiger partial charge on any atom is 0.258 e. The van der Waals surface area contributed by atoms with E-state index in [1.165, 1.54) is 11.3 Å². The van der Waals surface area contributed by atoms with Crippen LogP contribution in [0.4, 0.5) is 0 Å². The molecule has 0 fully saturated rings. The van der Waals surface area contributed by atoms with Crippen molar-refractivity contribution in [3.8, 4) is 16.3 Å². The lowest BCUT2D eigenvalue weighted by Gasteiger charge is -2.13. The van der Waals surface area contributed by atoms with E-state index in [-0.39, 0.29) is 5.78 Å². The Hall–Kier alpha value is -1.57. The molecule has 0 bridgehead atoms. The van der Waals surface area contributed by atoms with E-state index in [2.05, 4.69) is 28.1 Å². The molecule has 0 spiro atoms. The van der Waals surface area contributed by atoms with Crippen molar-refractivity contribution in [2.24, 2.45) is 0 Å². The molecule has 0 unspecified atom stereocenters. The minimum absolute atomic E-state index is 0.0640. The molecule has 0 saturated carbocycles. The highest BCUT2D eigenvalue weighted by atomic mass is 35.5. The highest BCUT2D eigenvalue weighted by Gasteiger charge is 2.32. The Balaban J connectivity index is 2.06. The molecule has 0 atom stereocenters. The third-order valence-corrected chi connectivity index (χ3v) is 7.96. The van der Waals surface area contributed by atoms with Crippen LogP contribution in [0.1, 0.15) is 15.2 Å². The molecule has 0 amide bonds. The lowest BCUT2D eigenvalue weighted by Crippen LogP contribution is -2.38. The molecule has 0 aliphatic carbocycles. The van der Waals surface area contributed by atoms with Gasteiger partial charge in [0.25, 0.3) is 5.03 Å². The number of rotatable bonds is 6. The van der Waals surface area contributed by atoms with Crippen molar-refractivity contribution in [1.29, 1.82) is 0 Å². The fourth-order valence-electron chi connectivity index (χ4n) is 3.13. The van der Waals surface area contributed by atoms with E-state index in [0.29, 0.717) is 5.02 Å². The Morgan fingerprint density at radius 1 is 0.966 bits per heavy atom. The van der Waals surface area contributed by atoms with Gasteiger partial charge in [0.05, 0.1) is 9.75 Å². The molecule has 0 N–H and O–H groups in total. The molecule has 0 aliphatic rings. The summed E-state index contributed by atoms with van der Waals surface area (Å²) in [5, 5.41) is 5.64. The monoisotopic (exact) mass is 474 g/mol. The van der Waals surface area contributed by atoms with Crippen molar-refractivity contribution in [3.05, 3.63) is 80.8 Å². The zero-order valence-corrected chi connectivity index (χ0v) is 19.7. The molecule has 0 saturated heterocycles. The number of hydrogen-bond donors (Lipinski definition) is 0. The first-order chi connectivity index (χ1) is 14.1. The number of benzene rings is 1. The van der Waals surface area contributed by atoms with E-state index in [9.17, 15) is 4.79 Å². The molecule has 3 aromatic heterocycles. The number of nitrogens with zero attached hydrogens (tertiary/aromatic N) is 1. The van der Waals surface area contributed by atoms with Crippen LogP contribution in [0.15, 0.2) is 75.3 Å². The van der Waals surface area contributed by atoms with E-state index in [1.807, 2.05) is 54.3 Å². The number of carbonyl (C=O) groups is 1. The number of carbonyl (C=O) groups excluding carboxylic acids is 1. The number of aromatic nitrogens is 1. The number of thioether (sulfide) groups is 2. The Labute approximate surface area is 191 Å². The quantitative estimate of drug-likeness (QED) is 0.169. The predicted octanol–water partition coefficient (Wildman–Crippen LogP) is 7.08. The lowest BCUT2D eigenvalue weighted by atomic mass is 10.1. The van der Waals surface area contributed by atoms with Gasteiger partial charge in [-0.15, -0.1) is 39.0 Å². The maximum absolute atomic E-state index is 13.5. The molecule has 4 aromatic rings. The Morgan fingerprint density at radius 3 is 2.28 bits per heavy atom. The van der Waals surface area contributed by atoms with Crippen LogP contribution in [0.3, 0.4) is 0 Å². The molecular formula is C22H17ClNOS4+. The first kappa shape index (κ1) is 20.7. The predicted molar refractivity (Wildman–Crippen MR) is 128 cm³/mol. The van der Waals surface area contributed by atoms with E-state index in [0.717, 1.165) is 36.6 Å². The first-order valence-corrected chi connectivity index (χ1v) is 13.3. The minimum atomic E-state index is 0.0640. The van der Waals surface area contributed by atoms with Crippen LogP contribution >= 0.6 is 57.8 Å². The number of pyridine rings is 1. The van der Waals surface area contributed by atoms with Crippen molar-refractivity contribution in [2.45, 2.75) is 9.92 Å². The van der Waals surface area contributed by atoms with Crippen molar-refractivity contribution in [1.82, 2.24) is 0 Å². The zero-order chi connectivity index (χ0) is 20.4. The third-order valence-electron chi connectivity index (χ3n) is 4.42. The van der Waals surface area contributed by atoms with Gasteiger partial charge in [0.2, 0.25) is 17.2 Å². The average molecular weight is 475 g/mol. The zero-order valence-electron chi connectivity index (χ0n) is 15.7. The smallest absolute Gasteiger partial charge is 0.258 e. The second-order valence-electron chi connectivity index (χ2n) is 6.08. The summed E-state index contributed by atoms with van der Waals surface area (Å²) in [4.78, 5) is 16.3. The van der Waals surface area contributed by atoms with Gasteiger partial charge in [-0.1, -0.05) is 35.5 Å². The van der Waals surface area contributed by atoms with Crippen molar-refractivity contribution < 1.29 is 9.36 Å². The fourth-order valence-corrected chi connectivity index (χ4v) is 6.14. The highest BCUT2D eigenvalue weighted by Crippen LogP contribution is 2.35. The van der Waals surface area contributed by atoms with Crippen LogP contribution in [0.5, 0.6) is 0 Å². The van der Waals surface area contributed by atoms with Gasteiger partial charge in [0.15, 0.2) is 0 Å². The summed E-state index contributed by atoms with van der Waals surface area (Å²) in [5.41, 5.74) is 2.80. The normalized spacial score (nSPS) is 11.0. The largest absolute Gasteiger partial charge is 0.287 e. The van der Waals surface area contributed by atoms with Gasteiger partial charge in [-0.05, 0) is 47.5 Å². The van der Waals surface area contributed by atoms with Crippen LogP contribution < -0.4 is 4.57 Å². The van der Waals surface area contributed by atoms with Crippen LogP contribution in [0.25, 0.3) is 16.3 Å². The number of thiophene rings is 2. The molecule has 1 aromatic carbocycles. The highest BCUT2D eigenvalue weighted by molar-refractivity contribution is 7.99. The summed E-state index contributed by atoms with van der Waals surface area (Å²) in [6, 6.07) is 17.9. The number of ketones is 1. The molecule has 4 rings (SSSR count). The second kappa shape index (κ2) is 9.06. The van der Waals surface area contributed by atoms with Crippen LogP contribution in [-0.4, -0.2) is 18.3 Å². The van der Waals surface area contributed by atoms with Gasteiger partial charge in [0.1, 0.15) is 5.56 Å². The molecule has 0 radical (unpaired) electrons. The average Bonchev–Trinajstić information content (AvgIpc) is 3.46. The topological polar surface area (TPSA) is 20.9 Å². The van der Waals surface area contributed by atoms with E-state index in [4.69, 9.17) is 11.6 Å². The molecule has 29 heavy (non-hydrogen) atoms. The molecular weight excluding hydrogens is 458 g/mol. The Morgan fingerprint density at radius 2 is 1.69 bits per heavy atom. The van der Waals surface area contributed by atoms with Crippen molar-refractivity contribution in [2.75, 3.05) is 12.5 Å². The van der Waals surface area contributed by atoms with E-state index >= 15 is 0 Å².